The predicted octanol–water partition coefficient (Wildman–Crippen LogP) is 4.85. The van der Waals surface area contributed by atoms with Crippen molar-refractivity contribution in [3.63, 3.8) is 0 Å². The third-order valence-corrected chi connectivity index (χ3v) is 5.43. The maximum atomic E-state index is 12.4. The molecule has 1 aliphatic heterocycles. The van der Waals surface area contributed by atoms with Gasteiger partial charge in [0.15, 0.2) is 5.76 Å². The summed E-state index contributed by atoms with van der Waals surface area (Å²) < 4.78 is 11.2. The van der Waals surface area contributed by atoms with Gasteiger partial charge in [-0.1, -0.05) is 25.3 Å². The van der Waals surface area contributed by atoms with E-state index in [9.17, 15) is 9.59 Å². The number of Topliss-reactive ketones (excluding diaryl/α,β-unsaturated/α-hetero) is 1. The Morgan fingerprint density at radius 2 is 2.04 bits per heavy atom. The van der Waals surface area contributed by atoms with Gasteiger partial charge in [0, 0.05) is 17.0 Å². The molecule has 0 N–H and O–H groups in total. The lowest BCUT2D eigenvalue weighted by molar-refractivity contribution is -0.139. The van der Waals surface area contributed by atoms with Gasteiger partial charge in [-0.15, -0.1) is 11.3 Å². The molecule has 1 aromatic carbocycles. The lowest BCUT2D eigenvalue weighted by Gasteiger charge is -2.19. The van der Waals surface area contributed by atoms with E-state index in [2.05, 4.69) is 0 Å². The summed E-state index contributed by atoms with van der Waals surface area (Å²) in [5.74, 6) is 0.833. The van der Waals surface area contributed by atoms with Crippen molar-refractivity contribution in [2.45, 2.75) is 32.1 Å². The quantitative estimate of drug-likeness (QED) is 0.449. The Kier molecular flexibility index (Phi) is 4.40. The van der Waals surface area contributed by atoms with Gasteiger partial charge < -0.3 is 9.47 Å². The first-order chi connectivity index (χ1) is 12.2. The zero-order valence-corrected chi connectivity index (χ0v) is 14.5. The van der Waals surface area contributed by atoms with E-state index in [4.69, 9.17) is 9.47 Å². The first-order valence-corrected chi connectivity index (χ1v) is 9.42. The van der Waals surface area contributed by atoms with Crippen molar-refractivity contribution in [3.8, 4) is 11.5 Å². The van der Waals surface area contributed by atoms with Crippen LogP contribution >= 0.6 is 11.3 Å². The smallest absolute Gasteiger partial charge is 0.314 e. The molecule has 1 aliphatic carbocycles. The maximum Gasteiger partial charge on any atom is 0.314 e. The summed E-state index contributed by atoms with van der Waals surface area (Å²) in [6.45, 7) is 0. The van der Waals surface area contributed by atoms with Crippen LogP contribution in [0.1, 0.15) is 47.3 Å². The van der Waals surface area contributed by atoms with Crippen molar-refractivity contribution in [1.29, 1.82) is 0 Å². The zero-order chi connectivity index (χ0) is 17.2. The fourth-order valence-corrected chi connectivity index (χ4v) is 3.92. The molecular weight excluding hydrogens is 336 g/mol. The third kappa shape index (κ3) is 3.37. The second-order valence-electron chi connectivity index (χ2n) is 6.37. The number of rotatable bonds is 3. The Labute approximate surface area is 150 Å². The van der Waals surface area contributed by atoms with Crippen LogP contribution < -0.4 is 9.47 Å². The molecule has 1 fully saturated rings. The number of thiophene rings is 1. The minimum absolute atomic E-state index is 0.0150. The number of hydrogen-bond donors (Lipinski definition) is 0. The highest BCUT2D eigenvalue weighted by Gasteiger charge is 2.29. The molecule has 0 bridgehead atoms. The SMILES string of the molecule is O=C1/C(=C/c2cccs2)Oc2cc(OC(=O)C3CCCCC3)ccc21. The summed E-state index contributed by atoms with van der Waals surface area (Å²) in [4.78, 5) is 25.6. The minimum atomic E-state index is -0.182. The molecule has 0 atom stereocenters. The number of carbonyl (C=O) groups is 2. The molecule has 128 valence electrons. The summed E-state index contributed by atoms with van der Waals surface area (Å²) in [5.41, 5.74) is 0.500. The lowest BCUT2D eigenvalue weighted by atomic mass is 9.89. The van der Waals surface area contributed by atoms with E-state index in [1.165, 1.54) is 17.8 Å². The first kappa shape index (κ1) is 16.1. The molecule has 1 aromatic heterocycles. The van der Waals surface area contributed by atoms with E-state index in [0.717, 1.165) is 30.6 Å². The van der Waals surface area contributed by atoms with Gasteiger partial charge >= 0.3 is 5.97 Å². The summed E-state index contributed by atoms with van der Waals surface area (Å²) in [6, 6.07) is 8.80. The average Bonchev–Trinajstić information content (AvgIpc) is 3.24. The van der Waals surface area contributed by atoms with E-state index >= 15 is 0 Å². The Morgan fingerprint density at radius 1 is 1.20 bits per heavy atom. The zero-order valence-electron chi connectivity index (χ0n) is 13.7. The first-order valence-electron chi connectivity index (χ1n) is 8.54. The van der Waals surface area contributed by atoms with Crippen LogP contribution in [0.5, 0.6) is 11.5 Å². The molecule has 2 aliphatic rings. The minimum Gasteiger partial charge on any atom is -0.452 e. The van der Waals surface area contributed by atoms with Crippen LogP contribution in [0.25, 0.3) is 6.08 Å². The lowest BCUT2D eigenvalue weighted by Crippen LogP contribution is -2.22. The molecular formula is C20H18O4S. The number of fused-ring (bicyclic) bond motifs is 1. The van der Waals surface area contributed by atoms with Gasteiger partial charge in [0.2, 0.25) is 5.78 Å². The molecule has 0 radical (unpaired) electrons. The van der Waals surface area contributed by atoms with Crippen LogP contribution in [-0.4, -0.2) is 11.8 Å². The van der Waals surface area contributed by atoms with E-state index in [1.54, 1.807) is 24.3 Å². The van der Waals surface area contributed by atoms with Gasteiger partial charge in [0.25, 0.3) is 0 Å². The standard InChI is InChI=1S/C20H18O4S/c21-19-16-9-8-14(23-20(22)13-5-2-1-3-6-13)11-17(16)24-18(19)12-15-7-4-10-25-15/h4,7-13H,1-3,5-6H2/b18-12-. The van der Waals surface area contributed by atoms with Crippen molar-refractivity contribution in [1.82, 2.24) is 0 Å². The van der Waals surface area contributed by atoms with Gasteiger partial charge in [-0.05, 0) is 36.4 Å². The number of hydrogen-bond acceptors (Lipinski definition) is 5. The molecule has 0 amide bonds. The highest BCUT2D eigenvalue weighted by molar-refractivity contribution is 7.10. The summed E-state index contributed by atoms with van der Waals surface area (Å²) in [5, 5.41) is 1.95. The van der Waals surface area contributed by atoms with Crippen LogP contribution in [0.2, 0.25) is 0 Å². The molecule has 0 unspecified atom stereocenters. The van der Waals surface area contributed by atoms with E-state index < -0.39 is 0 Å². The Balaban J connectivity index is 1.50. The molecule has 25 heavy (non-hydrogen) atoms. The van der Waals surface area contributed by atoms with Crippen LogP contribution in [0.4, 0.5) is 0 Å². The van der Waals surface area contributed by atoms with Gasteiger partial charge in [0.1, 0.15) is 11.5 Å². The molecule has 2 aromatic rings. The number of ketones is 1. The van der Waals surface area contributed by atoms with Crippen molar-refractivity contribution in [2.24, 2.45) is 5.92 Å². The molecule has 1 saturated carbocycles. The predicted molar refractivity (Wildman–Crippen MR) is 95.9 cm³/mol. The Bertz CT molecular complexity index is 829. The van der Waals surface area contributed by atoms with Crippen molar-refractivity contribution >= 4 is 29.2 Å². The van der Waals surface area contributed by atoms with E-state index in [0.29, 0.717) is 22.8 Å². The number of allylic oxidation sites excluding steroid dienone is 1. The fraction of sp³-hybridized carbons (Fsp3) is 0.300. The second kappa shape index (κ2) is 6.84. The van der Waals surface area contributed by atoms with Gasteiger partial charge in [-0.3, -0.25) is 9.59 Å². The summed E-state index contributed by atoms with van der Waals surface area (Å²) >= 11 is 1.54. The largest absolute Gasteiger partial charge is 0.452 e. The number of esters is 1. The van der Waals surface area contributed by atoms with Crippen LogP contribution in [0.15, 0.2) is 41.5 Å². The fourth-order valence-electron chi connectivity index (χ4n) is 3.27. The topological polar surface area (TPSA) is 52.6 Å². The second-order valence-corrected chi connectivity index (χ2v) is 7.35. The molecule has 4 rings (SSSR count). The van der Waals surface area contributed by atoms with Crippen molar-refractivity contribution < 1.29 is 19.1 Å². The van der Waals surface area contributed by atoms with Gasteiger partial charge in [-0.2, -0.15) is 0 Å². The number of benzene rings is 1. The number of carbonyl (C=O) groups excluding carboxylic acids is 2. The summed E-state index contributed by atoms with van der Waals surface area (Å²) in [7, 11) is 0. The monoisotopic (exact) mass is 354 g/mol. The van der Waals surface area contributed by atoms with E-state index in [-0.39, 0.29) is 17.7 Å². The van der Waals surface area contributed by atoms with E-state index in [1.807, 2.05) is 17.5 Å². The van der Waals surface area contributed by atoms with Crippen LogP contribution in [-0.2, 0) is 4.79 Å². The molecule has 2 heterocycles. The molecule has 5 heteroatoms. The highest BCUT2D eigenvalue weighted by Crippen LogP contribution is 2.36. The summed E-state index contributed by atoms with van der Waals surface area (Å²) in [6.07, 6.45) is 6.88. The molecule has 0 saturated heterocycles. The average molecular weight is 354 g/mol. The van der Waals surface area contributed by atoms with Crippen LogP contribution in [0, 0.1) is 5.92 Å². The van der Waals surface area contributed by atoms with Crippen molar-refractivity contribution in [3.05, 3.63) is 51.9 Å². The molecule has 4 nitrogen and oxygen atoms in total. The Morgan fingerprint density at radius 3 is 2.80 bits per heavy atom. The third-order valence-electron chi connectivity index (χ3n) is 4.61. The van der Waals surface area contributed by atoms with Gasteiger partial charge in [0.05, 0.1) is 11.5 Å². The van der Waals surface area contributed by atoms with Crippen molar-refractivity contribution in [2.75, 3.05) is 0 Å². The normalized spacial score (nSPS) is 18.9. The van der Waals surface area contributed by atoms with Crippen LogP contribution in [0.3, 0.4) is 0 Å². The highest BCUT2D eigenvalue weighted by atomic mass is 32.1. The van der Waals surface area contributed by atoms with Gasteiger partial charge in [-0.25, -0.2) is 0 Å². The number of ether oxygens (including phenoxy) is 2. The molecule has 0 spiro atoms. The Hall–Kier alpha value is -2.40. The maximum absolute atomic E-state index is 12.4.